The van der Waals surface area contributed by atoms with E-state index in [9.17, 15) is 9.59 Å². The number of carbonyl (C=O) groups excluding carboxylic acids is 2. The molecule has 1 N–H and O–H groups in total. The summed E-state index contributed by atoms with van der Waals surface area (Å²) < 4.78 is 4.89. The molecule has 21 heavy (non-hydrogen) atoms. The van der Waals surface area contributed by atoms with Gasteiger partial charge in [-0.25, -0.2) is 0 Å². The monoisotopic (exact) mass is 323 g/mol. The van der Waals surface area contributed by atoms with Crippen molar-refractivity contribution in [3.63, 3.8) is 0 Å². The lowest BCUT2D eigenvalue weighted by molar-refractivity contribution is -0.131. The largest absolute Gasteiger partial charge is 0.427 e. The van der Waals surface area contributed by atoms with E-state index in [2.05, 4.69) is 5.32 Å². The molecule has 2 rings (SSSR count). The van der Waals surface area contributed by atoms with Gasteiger partial charge in [-0.1, -0.05) is 23.2 Å². The Hall–Kier alpha value is -2.04. The number of hydrogen-bond donors (Lipinski definition) is 1. The zero-order valence-corrected chi connectivity index (χ0v) is 12.5. The molecule has 2 aromatic rings. The summed E-state index contributed by atoms with van der Waals surface area (Å²) in [5.74, 6) is -0.334. The molecule has 4 nitrogen and oxygen atoms in total. The second-order valence-corrected chi connectivity index (χ2v) is 5.02. The molecule has 0 aromatic heterocycles. The third-order valence-corrected chi connectivity index (χ3v) is 3.29. The Morgan fingerprint density at radius 2 is 1.67 bits per heavy atom. The Morgan fingerprint density at radius 1 is 1.00 bits per heavy atom. The molecule has 0 bridgehead atoms. The van der Waals surface area contributed by atoms with Crippen LogP contribution in [-0.4, -0.2) is 11.9 Å². The minimum Gasteiger partial charge on any atom is -0.427 e. The van der Waals surface area contributed by atoms with Gasteiger partial charge in [0.25, 0.3) is 5.91 Å². The van der Waals surface area contributed by atoms with E-state index in [0.29, 0.717) is 27.0 Å². The molecule has 0 saturated carbocycles. The highest BCUT2D eigenvalue weighted by atomic mass is 35.5. The molecule has 0 radical (unpaired) electrons. The zero-order valence-electron chi connectivity index (χ0n) is 11.0. The SMILES string of the molecule is CC(=O)Oc1ccc(C(=O)Nc2ccc(Cl)c(Cl)c2)cc1. The second kappa shape index (κ2) is 6.61. The lowest BCUT2D eigenvalue weighted by atomic mass is 10.2. The molecule has 0 spiro atoms. The average Bonchev–Trinajstić information content (AvgIpc) is 2.43. The van der Waals surface area contributed by atoms with Crippen LogP contribution in [0.4, 0.5) is 5.69 Å². The highest BCUT2D eigenvalue weighted by molar-refractivity contribution is 6.42. The Balaban J connectivity index is 2.09. The number of hydrogen-bond acceptors (Lipinski definition) is 3. The van der Waals surface area contributed by atoms with Gasteiger partial charge in [0.2, 0.25) is 0 Å². The number of esters is 1. The van der Waals surface area contributed by atoms with Crippen LogP contribution in [0.1, 0.15) is 17.3 Å². The Kier molecular flexibility index (Phi) is 4.83. The lowest BCUT2D eigenvalue weighted by Crippen LogP contribution is -2.11. The molecule has 108 valence electrons. The number of halogens is 2. The molecule has 0 saturated heterocycles. The minimum atomic E-state index is -0.414. The van der Waals surface area contributed by atoms with Gasteiger partial charge in [0.05, 0.1) is 10.0 Å². The van der Waals surface area contributed by atoms with E-state index in [1.807, 2.05) is 0 Å². The van der Waals surface area contributed by atoms with Crippen molar-refractivity contribution in [3.8, 4) is 5.75 Å². The van der Waals surface area contributed by atoms with Crippen molar-refractivity contribution in [2.75, 3.05) is 5.32 Å². The molecule has 1 amide bonds. The first-order valence-corrected chi connectivity index (χ1v) is 6.76. The maximum Gasteiger partial charge on any atom is 0.308 e. The minimum absolute atomic E-state index is 0.303. The standard InChI is InChI=1S/C15H11Cl2NO3/c1-9(19)21-12-5-2-10(3-6-12)15(20)18-11-4-7-13(16)14(17)8-11/h2-8H,1H3,(H,18,20). The van der Waals surface area contributed by atoms with Gasteiger partial charge in [-0.3, -0.25) is 9.59 Å². The third-order valence-electron chi connectivity index (χ3n) is 2.56. The molecule has 0 aliphatic carbocycles. The van der Waals surface area contributed by atoms with Gasteiger partial charge in [-0.05, 0) is 42.5 Å². The van der Waals surface area contributed by atoms with E-state index in [-0.39, 0.29) is 5.91 Å². The van der Waals surface area contributed by atoms with Crippen LogP contribution in [0.15, 0.2) is 42.5 Å². The van der Waals surface area contributed by atoms with Crippen molar-refractivity contribution in [1.82, 2.24) is 0 Å². The van der Waals surface area contributed by atoms with Gasteiger partial charge in [0.15, 0.2) is 0 Å². The summed E-state index contributed by atoms with van der Waals surface area (Å²) in [4.78, 5) is 22.9. The van der Waals surface area contributed by atoms with Crippen molar-refractivity contribution in [2.24, 2.45) is 0 Å². The highest BCUT2D eigenvalue weighted by Crippen LogP contribution is 2.25. The predicted molar refractivity (Wildman–Crippen MR) is 82.2 cm³/mol. The number of amides is 1. The van der Waals surface area contributed by atoms with E-state index < -0.39 is 5.97 Å². The topological polar surface area (TPSA) is 55.4 Å². The number of carbonyl (C=O) groups is 2. The first-order valence-electron chi connectivity index (χ1n) is 6.00. The normalized spacial score (nSPS) is 10.0. The molecule has 0 fully saturated rings. The molecule has 2 aromatic carbocycles. The summed E-state index contributed by atoms with van der Waals surface area (Å²) in [7, 11) is 0. The van der Waals surface area contributed by atoms with E-state index in [1.54, 1.807) is 42.5 Å². The van der Waals surface area contributed by atoms with Gasteiger partial charge in [-0.2, -0.15) is 0 Å². The maximum absolute atomic E-state index is 12.0. The molecule has 0 unspecified atom stereocenters. The summed E-state index contributed by atoms with van der Waals surface area (Å²) >= 11 is 11.7. The van der Waals surface area contributed by atoms with Gasteiger partial charge in [-0.15, -0.1) is 0 Å². The summed E-state index contributed by atoms with van der Waals surface area (Å²) in [6, 6.07) is 11.0. The molecule has 6 heteroatoms. The molecular weight excluding hydrogens is 313 g/mol. The number of rotatable bonds is 3. The van der Waals surface area contributed by atoms with Crippen LogP contribution in [0.3, 0.4) is 0 Å². The quantitative estimate of drug-likeness (QED) is 0.681. The number of benzene rings is 2. The van der Waals surface area contributed by atoms with Crippen LogP contribution in [-0.2, 0) is 4.79 Å². The van der Waals surface area contributed by atoms with Crippen LogP contribution in [0, 0.1) is 0 Å². The summed E-state index contributed by atoms with van der Waals surface area (Å²) in [5.41, 5.74) is 0.968. The first kappa shape index (κ1) is 15.4. The van der Waals surface area contributed by atoms with Crippen LogP contribution in [0.25, 0.3) is 0 Å². The van der Waals surface area contributed by atoms with Crippen LogP contribution in [0.5, 0.6) is 5.75 Å². The predicted octanol–water partition coefficient (Wildman–Crippen LogP) is 4.17. The zero-order chi connectivity index (χ0) is 15.4. The van der Waals surface area contributed by atoms with Gasteiger partial charge in [0, 0.05) is 18.2 Å². The first-order chi connectivity index (χ1) is 9.95. The lowest BCUT2D eigenvalue weighted by Gasteiger charge is -2.07. The number of nitrogens with one attached hydrogen (secondary N) is 1. The van der Waals surface area contributed by atoms with Crippen molar-refractivity contribution in [3.05, 3.63) is 58.1 Å². The van der Waals surface area contributed by atoms with E-state index >= 15 is 0 Å². The highest BCUT2D eigenvalue weighted by Gasteiger charge is 2.08. The van der Waals surface area contributed by atoms with Gasteiger partial charge < -0.3 is 10.1 Å². The fourth-order valence-corrected chi connectivity index (χ4v) is 1.92. The van der Waals surface area contributed by atoms with Crippen molar-refractivity contribution >= 4 is 40.8 Å². The summed E-state index contributed by atoms with van der Waals surface area (Å²) in [6.07, 6.45) is 0. The molecule has 0 aliphatic rings. The van der Waals surface area contributed by atoms with E-state index in [4.69, 9.17) is 27.9 Å². The van der Waals surface area contributed by atoms with Crippen molar-refractivity contribution in [2.45, 2.75) is 6.92 Å². The van der Waals surface area contributed by atoms with Crippen LogP contribution >= 0.6 is 23.2 Å². The summed E-state index contributed by atoms with van der Waals surface area (Å²) in [5, 5.41) is 3.47. The van der Waals surface area contributed by atoms with Crippen LogP contribution < -0.4 is 10.1 Å². The number of anilines is 1. The van der Waals surface area contributed by atoms with Gasteiger partial charge >= 0.3 is 5.97 Å². The Bertz CT molecular complexity index is 684. The number of ether oxygens (including phenoxy) is 1. The molecule has 0 aliphatic heterocycles. The fourth-order valence-electron chi connectivity index (χ4n) is 1.62. The second-order valence-electron chi connectivity index (χ2n) is 4.20. The smallest absolute Gasteiger partial charge is 0.308 e. The molecule has 0 heterocycles. The van der Waals surface area contributed by atoms with E-state index in [1.165, 1.54) is 6.92 Å². The van der Waals surface area contributed by atoms with Crippen molar-refractivity contribution < 1.29 is 14.3 Å². The Morgan fingerprint density at radius 3 is 2.24 bits per heavy atom. The molecular formula is C15H11Cl2NO3. The summed E-state index contributed by atoms with van der Waals surface area (Å²) in [6.45, 7) is 1.31. The van der Waals surface area contributed by atoms with Gasteiger partial charge in [0.1, 0.15) is 5.75 Å². The fraction of sp³-hybridized carbons (Fsp3) is 0.0667. The average molecular weight is 324 g/mol. The maximum atomic E-state index is 12.0. The Labute approximate surface area is 131 Å². The van der Waals surface area contributed by atoms with Crippen LogP contribution in [0.2, 0.25) is 10.0 Å². The molecule has 0 atom stereocenters. The van der Waals surface area contributed by atoms with E-state index in [0.717, 1.165) is 0 Å². The van der Waals surface area contributed by atoms with Crippen molar-refractivity contribution in [1.29, 1.82) is 0 Å². The third kappa shape index (κ3) is 4.21.